The van der Waals surface area contributed by atoms with Crippen LogP contribution in [0.3, 0.4) is 0 Å². The lowest BCUT2D eigenvalue weighted by molar-refractivity contribution is 0.0488. The predicted octanol–water partition coefficient (Wildman–Crippen LogP) is 3.73. The molecule has 4 heteroatoms. The van der Waals surface area contributed by atoms with E-state index >= 15 is 0 Å². The molecule has 0 aromatic rings. The van der Waals surface area contributed by atoms with Crippen molar-refractivity contribution in [2.45, 2.75) is 72.1 Å². The van der Waals surface area contributed by atoms with Gasteiger partial charge in [-0.1, -0.05) is 26.0 Å². The number of carbonyl (C=O) groups is 1. The van der Waals surface area contributed by atoms with Crippen molar-refractivity contribution in [3.63, 3.8) is 0 Å². The highest BCUT2D eigenvalue weighted by Gasteiger charge is 2.38. The molecule has 1 fully saturated rings. The van der Waals surface area contributed by atoms with Gasteiger partial charge in [0, 0.05) is 18.6 Å². The Bertz CT molecular complexity index is 439. The summed E-state index contributed by atoms with van der Waals surface area (Å²) in [6.07, 6.45) is 7.10. The molecule has 4 nitrogen and oxygen atoms in total. The summed E-state index contributed by atoms with van der Waals surface area (Å²) in [4.78, 5) is 12.0. The van der Waals surface area contributed by atoms with Crippen molar-refractivity contribution in [2.24, 2.45) is 23.7 Å². The van der Waals surface area contributed by atoms with Crippen LogP contribution in [0.25, 0.3) is 0 Å². The zero-order chi connectivity index (χ0) is 17.2. The quantitative estimate of drug-likeness (QED) is 0.733. The molecule has 132 valence electrons. The van der Waals surface area contributed by atoms with Gasteiger partial charge >= 0.3 is 6.09 Å². The lowest BCUT2D eigenvalue weighted by atomic mass is 9.87. The minimum atomic E-state index is -0.457. The Balaban J connectivity index is 1.80. The fourth-order valence-electron chi connectivity index (χ4n) is 3.77. The molecule has 5 unspecified atom stereocenters. The molecular weight excluding hydrogens is 288 g/mol. The first kappa shape index (κ1) is 18.3. The number of hydrogen-bond acceptors (Lipinski definition) is 3. The van der Waals surface area contributed by atoms with Crippen molar-refractivity contribution in [2.75, 3.05) is 6.54 Å². The van der Waals surface area contributed by atoms with Gasteiger partial charge in [-0.25, -0.2) is 4.79 Å². The summed E-state index contributed by atoms with van der Waals surface area (Å²) in [5, 5.41) is 6.67. The molecule has 0 aliphatic heterocycles. The number of fused-ring (bicyclic) bond motifs is 2. The summed E-state index contributed by atoms with van der Waals surface area (Å²) < 4.78 is 5.38. The molecule has 23 heavy (non-hydrogen) atoms. The molecule has 2 bridgehead atoms. The van der Waals surface area contributed by atoms with Crippen LogP contribution in [-0.2, 0) is 4.74 Å². The smallest absolute Gasteiger partial charge is 0.407 e. The number of nitrogens with one attached hydrogen (secondary N) is 2. The molecule has 1 saturated carbocycles. The molecular formula is C19H34N2O2. The molecule has 5 atom stereocenters. The summed E-state index contributed by atoms with van der Waals surface area (Å²) in [7, 11) is 0. The highest BCUT2D eigenvalue weighted by molar-refractivity contribution is 5.68. The molecule has 0 spiro atoms. The molecule has 2 aliphatic rings. The largest absolute Gasteiger partial charge is 0.444 e. The van der Waals surface area contributed by atoms with Crippen molar-refractivity contribution in [1.29, 1.82) is 0 Å². The topological polar surface area (TPSA) is 50.4 Å². The second-order valence-electron chi connectivity index (χ2n) is 8.64. The van der Waals surface area contributed by atoms with Gasteiger partial charge in [-0.05, 0) is 64.2 Å². The van der Waals surface area contributed by atoms with E-state index in [-0.39, 0.29) is 12.1 Å². The average Bonchev–Trinajstić information content (AvgIpc) is 3.03. The minimum absolute atomic E-state index is 0.0847. The van der Waals surface area contributed by atoms with Crippen LogP contribution in [0.4, 0.5) is 4.79 Å². The Kier molecular flexibility index (Phi) is 5.77. The lowest BCUT2D eigenvalue weighted by Gasteiger charge is -2.30. The first-order valence-corrected chi connectivity index (χ1v) is 9.07. The number of ether oxygens (including phenoxy) is 1. The molecule has 2 N–H and O–H groups in total. The number of alkyl carbamates (subject to hydrolysis) is 1. The maximum absolute atomic E-state index is 12.0. The number of rotatable bonds is 6. The van der Waals surface area contributed by atoms with Crippen LogP contribution in [0.5, 0.6) is 0 Å². The van der Waals surface area contributed by atoms with Crippen molar-refractivity contribution in [1.82, 2.24) is 10.6 Å². The number of carbonyl (C=O) groups excluding carboxylic acids is 1. The van der Waals surface area contributed by atoms with E-state index in [9.17, 15) is 4.79 Å². The second kappa shape index (κ2) is 7.25. The maximum atomic E-state index is 12.0. The van der Waals surface area contributed by atoms with Crippen LogP contribution in [0.2, 0.25) is 0 Å². The third-order valence-corrected chi connectivity index (χ3v) is 5.14. The highest BCUT2D eigenvalue weighted by Crippen LogP contribution is 2.44. The van der Waals surface area contributed by atoms with E-state index in [1.165, 1.54) is 12.8 Å². The Morgan fingerprint density at radius 3 is 2.39 bits per heavy atom. The molecule has 0 heterocycles. The molecule has 2 aliphatic carbocycles. The van der Waals surface area contributed by atoms with Gasteiger partial charge in [0.2, 0.25) is 0 Å². The Hall–Kier alpha value is -1.03. The van der Waals surface area contributed by atoms with Gasteiger partial charge in [-0.3, -0.25) is 0 Å². The summed E-state index contributed by atoms with van der Waals surface area (Å²) in [6, 6.07) is 0.568. The van der Waals surface area contributed by atoms with E-state index in [1.54, 1.807) is 0 Å². The van der Waals surface area contributed by atoms with Crippen LogP contribution >= 0.6 is 0 Å². The molecule has 2 rings (SSSR count). The van der Waals surface area contributed by atoms with Crippen LogP contribution in [0, 0.1) is 23.7 Å². The van der Waals surface area contributed by atoms with Gasteiger partial charge in [0.1, 0.15) is 5.60 Å². The fraction of sp³-hybridized carbons (Fsp3) is 0.842. The summed E-state index contributed by atoms with van der Waals surface area (Å²) >= 11 is 0. The zero-order valence-electron chi connectivity index (χ0n) is 15.6. The van der Waals surface area contributed by atoms with E-state index in [1.807, 2.05) is 20.8 Å². The summed E-state index contributed by atoms with van der Waals surface area (Å²) in [5.74, 6) is 2.65. The molecule has 0 aromatic heterocycles. The third kappa shape index (κ3) is 5.23. The second-order valence-corrected chi connectivity index (χ2v) is 8.64. The normalized spacial score (nSPS) is 28.9. The zero-order valence-corrected chi connectivity index (χ0v) is 15.6. The van der Waals surface area contributed by atoms with E-state index in [4.69, 9.17) is 4.74 Å². The third-order valence-electron chi connectivity index (χ3n) is 5.14. The SMILES string of the molecule is CC(C)C(CNC(C)C1CC2C=CC1C2)NC(=O)OC(C)(C)C. The molecule has 0 radical (unpaired) electrons. The minimum Gasteiger partial charge on any atom is -0.444 e. The van der Waals surface area contributed by atoms with Gasteiger partial charge in [-0.2, -0.15) is 0 Å². The van der Waals surface area contributed by atoms with E-state index < -0.39 is 5.60 Å². The van der Waals surface area contributed by atoms with Gasteiger partial charge in [0.05, 0.1) is 0 Å². The Morgan fingerprint density at radius 2 is 1.91 bits per heavy atom. The molecule has 0 aromatic carbocycles. The predicted molar refractivity (Wildman–Crippen MR) is 94.3 cm³/mol. The van der Waals surface area contributed by atoms with Gasteiger partial charge in [0.25, 0.3) is 0 Å². The Morgan fingerprint density at radius 1 is 1.22 bits per heavy atom. The maximum Gasteiger partial charge on any atom is 0.407 e. The van der Waals surface area contributed by atoms with Gasteiger partial charge in [-0.15, -0.1) is 0 Å². The summed E-state index contributed by atoms with van der Waals surface area (Å²) in [5.41, 5.74) is -0.457. The molecule has 0 saturated heterocycles. The first-order valence-electron chi connectivity index (χ1n) is 9.07. The van der Waals surface area contributed by atoms with E-state index in [0.29, 0.717) is 12.0 Å². The number of allylic oxidation sites excluding steroid dienone is 2. The number of amides is 1. The summed E-state index contributed by atoms with van der Waals surface area (Å²) in [6.45, 7) is 13.0. The standard InChI is InChI=1S/C19H34N2O2/c1-12(2)17(21-18(22)23-19(4,5)6)11-20-13(3)16-10-14-7-8-15(16)9-14/h7-8,12-17,20H,9-11H2,1-6H3,(H,21,22). The van der Waals surface area contributed by atoms with E-state index in [0.717, 1.165) is 24.3 Å². The molecule has 1 amide bonds. The average molecular weight is 322 g/mol. The monoisotopic (exact) mass is 322 g/mol. The lowest BCUT2D eigenvalue weighted by Crippen LogP contribution is -2.49. The Labute approximate surface area is 141 Å². The number of hydrogen-bond donors (Lipinski definition) is 2. The van der Waals surface area contributed by atoms with Gasteiger partial charge in [0.15, 0.2) is 0 Å². The van der Waals surface area contributed by atoms with Crippen molar-refractivity contribution in [3.8, 4) is 0 Å². The van der Waals surface area contributed by atoms with Gasteiger partial charge < -0.3 is 15.4 Å². The van der Waals surface area contributed by atoms with Crippen molar-refractivity contribution >= 4 is 6.09 Å². The highest BCUT2D eigenvalue weighted by atomic mass is 16.6. The van der Waals surface area contributed by atoms with Crippen LogP contribution < -0.4 is 10.6 Å². The first-order chi connectivity index (χ1) is 10.7. The van der Waals surface area contributed by atoms with Crippen molar-refractivity contribution < 1.29 is 9.53 Å². The van der Waals surface area contributed by atoms with Crippen LogP contribution in [0.1, 0.15) is 54.4 Å². The van der Waals surface area contributed by atoms with E-state index in [2.05, 4.69) is 43.6 Å². The van der Waals surface area contributed by atoms with Crippen molar-refractivity contribution in [3.05, 3.63) is 12.2 Å². The fourth-order valence-corrected chi connectivity index (χ4v) is 3.77. The van der Waals surface area contributed by atoms with Crippen LogP contribution in [0.15, 0.2) is 12.2 Å². The van der Waals surface area contributed by atoms with Crippen LogP contribution in [-0.4, -0.2) is 30.3 Å².